The van der Waals surface area contributed by atoms with Gasteiger partial charge in [-0.2, -0.15) is 0 Å². The molecule has 1 aromatic heterocycles. The second kappa shape index (κ2) is 5.11. The van der Waals surface area contributed by atoms with Crippen molar-refractivity contribution < 1.29 is 5.11 Å². The summed E-state index contributed by atoms with van der Waals surface area (Å²) in [6.45, 7) is 1.82. The van der Waals surface area contributed by atoms with Crippen LogP contribution in [0.15, 0.2) is 40.9 Å². The van der Waals surface area contributed by atoms with E-state index in [2.05, 4.69) is 15.9 Å². The molecule has 0 saturated carbocycles. The Kier molecular flexibility index (Phi) is 3.93. The number of rotatable bonds is 3. The van der Waals surface area contributed by atoms with Crippen LogP contribution in [-0.2, 0) is 12.0 Å². The van der Waals surface area contributed by atoms with Crippen LogP contribution in [0.1, 0.15) is 17.4 Å². The van der Waals surface area contributed by atoms with Crippen molar-refractivity contribution in [3.63, 3.8) is 0 Å². The van der Waals surface area contributed by atoms with Crippen molar-refractivity contribution in [1.29, 1.82) is 0 Å². The number of hydrogen-bond donors (Lipinski definition) is 1. The number of hydrogen-bond acceptors (Lipinski definition) is 2. The lowest BCUT2D eigenvalue weighted by atomic mass is 9.92. The minimum atomic E-state index is -0.866. The van der Waals surface area contributed by atoms with Crippen LogP contribution in [-0.4, -0.2) is 5.11 Å². The fourth-order valence-electron chi connectivity index (χ4n) is 1.70. The normalized spacial score (nSPS) is 14.6. The van der Waals surface area contributed by atoms with E-state index in [1.807, 2.05) is 43.3 Å². The molecule has 0 aliphatic rings. The van der Waals surface area contributed by atoms with Crippen LogP contribution in [0.3, 0.4) is 0 Å². The molecule has 0 fully saturated rings. The van der Waals surface area contributed by atoms with E-state index < -0.39 is 5.60 Å². The third-order valence-electron chi connectivity index (χ3n) is 2.61. The quantitative estimate of drug-likeness (QED) is 0.870. The lowest BCUT2D eigenvalue weighted by Crippen LogP contribution is -2.23. The highest BCUT2D eigenvalue weighted by Crippen LogP contribution is 2.30. The van der Waals surface area contributed by atoms with Crippen molar-refractivity contribution in [2.45, 2.75) is 18.9 Å². The maximum absolute atomic E-state index is 10.5. The van der Waals surface area contributed by atoms with Gasteiger partial charge in [0.05, 0.1) is 9.94 Å². The summed E-state index contributed by atoms with van der Waals surface area (Å²) in [4.78, 5) is 1.09. The molecule has 90 valence electrons. The smallest absolute Gasteiger partial charge is 0.0931 e. The molecule has 0 aliphatic heterocycles. The lowest BCUT2D eigenvalue weighted by Gasteiger charge is -2.23. The van der Waals surface area contributed by atoms with Gasteiger partial charge < -0.3 is 5.11 Å². The average Bonchev–Trinajstić information content (AvgIpc) is 2.63. The third-order valence-corrected chi connectivity index (χ3v) is 4.37. The number of thiophene rings is 1. The number of benzene rings is 1. The van der Waals surface area contributed by atoms with Crippen LogP contribution in [0.5, 0.6) is 0 Å². The zero-order chi connectivity index (χ0) is 12.5. The Morgan fingerprint density at radius 3 is 2.41 bits per heavy atom. The summed E-state index contributed by atoms with van der Waals surface area (Å²) >= 11 is 10.8. The Labute approximate surface area is 118 Å². The monoisotopic (exact) mass is 330 g/mol. The highest BCUT2D eigenvalue weighted by molar-refractivity contribution is 9.10. The van der Waals surface area contributed by atoms with E-state index in [1.165, 1.54) is 11.3 Å². The fraction of sp³-hybridized carbons (Fsp3) is 0.231. The van der Waals surface area contributed by atoms with Crippen LogP contribution in [0.2, 0.25) is 4.34 Å². The first-order valence-electron chi connectivity index (χ1n) is 5.20. The molecular formula is C13H12BrClOS. The topological polar surface area (TPSA) is 20.2 Å². The highest BCUT2D eigenvalue weighted by atomic mass is 79.9. The van der Waals surface area contributed by atoms with Crippen LogP contribution < -0.4 is 0 Å². The Balaban J connectivity index is 2.21. The first-order valence-corrected chi connectivity index (χ1v) is 7.19. The second-order valence-electron chi connectivity index (χ2n) is 4.16. The van der Waals surface area contributed by atoms with Gasteiger partial charge in [-0.05, 0) is 36.8 Å². The summed E-state index contributed by atoms with van der Waals surface area (Å²) < 4.78 is 1.77. The van der Waals surface area contributed by atoms with Crippen LogP contribution in [0.25, 0.3) is 0 Å². The molecule has 1 heterocycles. The molecule has 0 spiro atoms. The maximum atomic E-state index is 10.5. The first-order chi connectivity index (χ1) is 7.97. The Bertz CT molecular complexity index is 504. The van der Waals surface area contributed by atoms with Crippen molar-refractivity contribution in [3.8, 4) is 0 Å². The molecule has 0 amide bonds. The Hall–Kier alpha value is -0.350. The summed E-state index contributed by atoms with van der Waals surface area (Å²) in [5.74, 6) is 0. The molecule has 2 aromatic rings. The molecule has 0 aliphatic carbocycles. The van der Waals surface area contributed by atoms with E-state index in [4.69, 9.17) is 11.6 Å². The Morgan fingerprint density at radius 1 is 1.24 bits per heavy atom. The van der Waals surface area contributed by atoms with Crippen molar-refractivity contribution in [2.75, 3.05) is 0 Å². The molecule has 2 rings (SSSR count). The predicted octanol–water partition coefficient (Wildman–Crippen LogP) is 4.61. The van der Waals surface area contributed by atoms with E-state index in [0.717, 1.165) is 19.2 Å². The zero-order valence-corrected chi connectivity index (χ0v) is 12.4. The SMILES string of the molecule is CC(O)(Cc1ccc(Cl)s1)c1ccc(Br)cc1. The molecular weight excluding hydrogens is 320 g/mol. The highest BCUT2D eigenvalue weighted by Gasteiger charge is 2.24. The average molecular weight is 332 g/mol. The van der Waals surface area contributed by atoms with Gasteiger partial charge in [0.15, 0.2) is 0 Å². The Morgan fingerprint density at radius 2 is 1.88 bits per heavy atom. The van der Waals surface area contributed by atoms with E-state index in [1.54, 1.807) is 0 Å². The standard InChI is InChI=1S/C13H12BrClOS/c1-13(16,8-11-6-7-12(15)17-11)9-2-4-10(14)5-3-9/h2-7,16H,8H2,1H3. The van der Waals surface area contributed by atoms with Crippen molar-refractivity contribution >= 4 is 38.9 Å². The summed E-state index contributed by atoms with van der Waals surface area (Å²) in [5, 5.41) is 10.5. The van der Waals surface area contributed by atoms with Gasteiger partial charge >= 0.3 is 0 Å². The summed E-state index contributed by atoms with van der Waals surface area (Å²) in [5.41, 5.74) is 0.0414. The molecule has 0 radical (unpaired) electrons. The van der Waals surface area contributed by atoms with E-state index in [0.29, 0.717) is 6.42 Å². The van der Waals surface area contributed by atoms with E-state index in [-0.39, 0.29) is 0 Å². The van der Waals surface area contributed by atoms with Gasteiger partial charge in [0.1, 0.15) is 0 Å². The van der Waals surface area contributed by atoms with E-state index >= 15 is 0 Å². The van der Waals surface area contributed by atoms with Crippen LogP contribution in [0, 0.1) is 0 Å². The van der Waals surface area contributed by atoms with Crippen molar-refractivity contribution in [1.82, 2.24) is 0 Å². The van der Waals surface area contributed by atoms with Crippen molar-refractivity contribution in [3.05, 3.63) is 55.6 Å². The maximum Gasteiger partial charge on any atom is 0.0931 e. The van der Waals surface area contributed by atoms with Gasteiger partial charge in [-0.25, -0.2) is 0 Å². The minimum absolute atomic E-state index is 0.575. The zero-order valence-electron chi connectivity index (χ0n) is 9.28. The van der Waals surface area contributed by atoms with Crippen LogP contribution in [0.4, 0.5) is 0 Å². The first kappa shape index (κ1) is 13.1. The van der Waals surface area contributed by atoms with Crippen LogP contribution >= 0.6 is 38.9 Å². The van der Waals surface area contributed by atoms with Gasteiger partial charge in [-0.15, -0.1) is 11.3 Å². The minimum Gasteiger partial charge on any atom is -0.385 e. The van der Waals surface area contributed by atoms with Gasteiger partial charge in [0.25, 0.3) is 0 Å². The van der Waals surface area contributed by atoms with Gasteiger partial charge in [-0.1, -0.05) is 39.7 Å². The molecule has 1 nitrogen and oxygen atoms in total. The van der Waals surface area contributed by atoms with Gasteiger partial charge in [0.2, 0.25) is 0 Å². The van der Waals surface area contributed by atoms with Gasteiger partial charge in [0, 0.05) is 15.8 Å². The largest absolute Gasteiger partial charge is 0.385 e. The molecule has 0 bridgehead atoms. The summed E-state index contributed by atoms with van der Waals surface area (Å²) in [6.07, 6.45) is 0.575. The second-order valence-corrected chi connectivity index (χ2v) is 6.88. The predicted molar refractivity (Wildman–Crippen MR) is 76.7 cm³/mol. The third kappa shape index (κ3) is 3.32. The number of aliphatic hydroxyl groups is 1. The van der Waals surface area contributed by atoms with E-state index in [9.17, 15) is 5.11 Å². The molecule has 1 unspecified atom stereocenters. The number of halogens is 2. The summed E-state index contributed by atoms with van der Waals surface area (Å²) in [7, 11) is 0. The van der Waals surface area contributed by atoms with Gasteiger partial charge in [-0.3, -0.25) is 0 Å². The molecule has 1 N–H and O–H groups in total. The molecule has 4 heteroatoms. The summed E-state index contributed by atoms with van der Waals surface area (Å²) in [6, 6.07) is 11.6. The van der Waals surface area contributed by atoms with Crippen molar-refractivity contribution in [2.24, 2.45) is 0 Å². The molecule has 17 heavy (non-hydrogen) atoms. The fourth-order valence-corrected chi connectivity index (χ4v) is 3.20. The molecule has 1 atom stereocenters. The lowest BCUT2D eigenvalue weighted by molar-refractivity contribution is 0.0585. The molecule has 1 aromatic carbocycles. The molecule has 0 saturated heterocycles.